The van der Waals surface area contributed by atoms with Crippen LogP contribution >= 0.6 is 38.5 Å². The highest BCUT2D eigenvalue weighted by atomic mass is 127. The minimum absolute atomic E-state index is 0.140. The average molecular weight is 457 g/mol. The van der Waals surface area contributed by atoms with Gasteiger partial charge in [-0.25, -0.2) is 0 Å². The molecular weight excluding hydrogens is 439 g/mol. The van der Waals surface area contributed by atoms with Crippen LogP contribution in [0.2, 0.25) is 0 Å². The molecule has 2 rings (SSSR count). The van der Waals surface area contributed by atoms with E-state index in [9.17, 15) is 4.79 Å². The predicted octanol–water partition coefficient (Wildman–Crippen LogP) is 5.78. The van der Waals surface area contributed by atoms with Crippen molar-refractivity contribution in [1.82, 2.24) is 0 Å². The van der Waals surface area contributed by atoms with Crippen molar-refractivity contribution in [2.75, 3.05) is 0 Å². The first-order valence-electron chi connectivity index (χ1n) is 6.85. The van der Waals surface area contributed by atoms with E-state index in [1.165, 1.54) is 5.56 Å². The lowest BCUT2D eigenvalue weighted by molar-refractivity contribution is 0.0992. The number of hydrogen-bond donors (Lipinski definition) is 0. The van der Waals surface area contributed by atoms with Gasteiger partial charge in [0.1, 0.15) is 0 Å². The van der Waals surface area contributed by atoms with Crippen LogP contribution in [0.15, 0.2) is 46.9 Å². The number of carbonyl (C=O) groups excluding carboxylic acids is 1. The molecule has 21 heavy (non-hydrogen) atoms. The summed E-state index contributed by atoms with van der Waals surface area (Å²) >= 11 is 5.68. The number of ketones is 1. The van der Waals surface area contributed by atoms with E-state index in [0.29, 0.717) is 6.42 Å². The van der Waals surface area contributed by atoms with Gasteiger partial charge in [0.25, 0.3) is 0 Å². The van der Waals surface area contributed by atoms with Crippen LogP contribution in [-0.4, -0.2) is 5.78 Å². The number of benzene rings is 2. The Kier molecular flexibility index (Phi) is 5.25. The topological polar surface area (TPSA) is 17.1 Å². The standard InChI is InChI=1S/C18H18BrIO/c1-18(2,3)13-6-4-12(5-7-13)10-17(21)15-11-14(20)8-9-16(15)19/h4-9,11H,10H2,1-3H3. The van der Waals surface area contributed by atoms with Crippen molar-refractivity contribution >= 4 is 44.3 Å². The van der Waals surface area contributed by atoms with E-state index in [1.54, 1.807) is 0 Å². The molecule has 0 aromatic heterocycles. The van der Waals surface area contributed by atoms with Crippen LogP contribution in [0.5, 0.6) is 0 Å². The molecule has 0 aliphatic heterocycles. The second-order valence-corrected chi connectivity index (χ2v) is 8.27. The van der Waals surface area contributed by atoms with Crippen LogP contribution in [-0.2, 0) is 11.8 Å². The summed E-state index contributed by atoms with van der Waals surface area (Å²) < 4.78 is 1.93. The molecule has 0 fully saturated rings. The maximum Gasteiger partial charge on any atom is 0.168 e. The maximum atomic E-state index is 12.4. The Morgan fingerprint density at radius 1 is 1.10 bits per heavy atom. The third kappa shape index (κ3) is 4.39. The summed E-state index contributed by atoms with van der Waals surface area (Å²) in [5.41, 5.74) is 3.23. The number of hydrogen-bond acceptors (Lipinski definition) is 1. The van der Waals surface area contributed by atoms with Gasteiger partial charge in [0.15, 0.2) is 5.78 Å². The molecular formula is C18H18BrIO. The minimum Gasteiger partial charge on any atom is -0.294 e. The highest BCUT2D eigenvalue weighted by molar-refractivity contribution is 14.1. The lowest BCUT2D eigenvalue weighted by Crippen LogP contribution is -2.11. The van der Waals surface area contributed by atoms with Crippen molar-refractivity contribution in [2.45, 2.75) is 32.6 Å². The number of Topliss-reactive ketones (excluding diaryl/α,β-unsaturated/α-hetero) is 1. The van der Waals surface area contributed by atoms with Crippen molar-refractivity contribution in [3.63, 3.8) is 0 Å². The predicted molar refractivity (Wildman–Crippen MR) is 100 cm³/mol. The van der Waals surface area contributed by atoms with E-state index in [2.05, 4.69) is 83.6 Å². The largest absolute Gasteiger partial charge is 0.294 e. The smallest absolute Gasteiger partial charge is 0.168 e. The third-order valence-electron chi connectivity index (χ3n) is 3.41. The SMILES string of the molecule is CC(C)(C)c1ccc(CC(=O)c2cc(I)ccc2Br)cc1. The van der Waals surface area contributed by atoms with Gasteiger partial charge in [0.2, 0.25) is 0 Å². The molecule has 1 nitrogen and oxygen atoms in total. The van der Waals surface area contributed by atoms with Crippen molar-refractivity contribution < 1.29 is 4.79 Å². The van der Waals surface area contributed by atoms with E-state index in [1.807, 2.05) is 18.2 Å². The summed E-state index contributed by atoms with van der Waals surface area (Å²) in [6.45, 7) is 6.57. The minimum atomic E-state index is 0.140. The Morgan fingerprint density at radius 3 is 2.29 bits per heavy atom. The van der Waals surface area contributed by atoms with Gasteiger partial charge >= 0.3 is 0 Å². The van der Waals surface area contributed by atoms with Crippen LogP contribution in [0.1, 0.15) is 42.3 Å². The fourth-order valence-corrected chi connectivity index (χ4v) is 3.07. The normalized spacial score (nSPS) is 11.5. The molecule has 2 aromatic rings. The molecule has 3 heteroatoms. The molecule has 0 amide bonds. The van der Waals surface area contributed by atoms with Gasteiger partial charge in [-0.2, -0.15) is 0 Å². The number of carbonyl (C=O) groups is 1. The van der Waals surface area contributed by atoms with Gasteiger partial charge in [0.05, 0.1) is 0 Å². The zero-order valence-corrected chi connectivity index (χ0v) is 16.2. The second-order valence-electron chi connectivity index (χ2n) is 6.17. The monoisotopic (exact) mass is 456 g/mol. The van der Waals surface area contributed by atoms with Crippen molar-refractivity contribution in [3.8, 4) is 0 Å². The van der Waals surface area contributed by atoms with Crippen LogP contribution in [0, 0.1) is 3.57 Å². The highest BCUT2D eigenvalue weighted by Crippen LogP contribution is 2.24. The molecule has 0 N–H and O–H groups in total. The molecule has 0 spiro atoms. The Bertz CT molecular complexity index is 654. The summed E-state index contributed by atoms with van der Waals surface area (Å²) in [5.74, 6) is 0.142. The molecule has 0 saturated heterocycles. The lowest BCUT2D eigenvalue weighted by atomic mass is 9.86. The van der Waals surface area contributed by atoms with E-state index in [4.69, 9.17) is 0 Å². The average Bonchev–Trinajstić information content (AvgIpc) is 2.41. The van der Waals surface area contributed by atoms with Gasteiger partial charge in [-0.1, -0.05) is 61.0 Å². The zero-order valence-electron chi connectivity index (χ0n) is 12.4. The summed E-state index contributed by atoms with van der Waals surface area (Å²) in [7, 11) is 0. The van der Waals surface area contributed by atoms with Crippen molar-refractivity contribution in [1.29, 1.82) is 0 Å². The third-order valence-corrected chi connectivity index (χ3v) is 4.78. The Hall–Kier alpha value is -0.680. The number of halogens is 2. The van der Waals surface area contributed by atoms with Gasteiger partial charge < -0.3 is 0 Å². The summed E-state index contributed by atoms with van der Waals surface area (Å²) in [5, 5.41) is 0. The van der Waals surface area contributed by atoms with Crippen molar-refractivity contribution in [2.24, 2.45) is 0 Å². The molecule has 0 aliphatic rings. The lowest BCUT2D eigenvalue weighted by Gasteiger charge is -2.19. The highest BCUT2D eigenvalue weighted by Gasteiger charge is 2.15. The van der Waals surface area contributed by atoms with E-state index in [0.717, 1.165) is 19.2 Å². The maximum absolute atomic E-state index is 12.4. The Balaban J connectivity index is 2.18. The van der Waals surface area contributed by atoms with Gasteiger partial charge in [-0.15, -0.1) is 0 Å². The molecule has 110 valence electrons. The molecule has 0 atom stereocenters. The van der Waals surface area contributed by atoms with Crippen molar-refractivity contribution in [3.05, 3.63) is 67.2 Å². The first-order valence-corrected chi connectivity index (χ1v) is 8.72. The Labute approximate surface area is 148 Å². The van der Waals surface area contributed by atoms with E-state index < -0.39 is 0 Å². The number of rotatable bonds is 3. The van der Waals surface area contributed by atoms with Gasteiger partial charge in [-0.05, 0) is 57.3 Å². The quantitative estimate of drug-likeness (QED) is 0.422. The summed E-state index contributed by atoms with van der Waals surface area (Å²) in [4.78, 5) is 12.4. The van der Waals surface area contributed by atoms with E-state index >= 15 is 0 Å². The first-order chi connectivity index (χ1) is 9.77. The van der Waals surface area contributed by atoms with Crippen LogP contribution in [0.25, 0.3) is 0 Å². The summed E-state index contributed by atoms with van der Waals surface area (Å²) in [6, 6.07) is 14.2. The molecule has 0 bridgehead atoms. The summed E-state index contributed by atoms with van der Waals surface area (Å²) in [6.07, 6.45) is 0.434. The Morgan fingerprint density at radius 2 is 1.71 bits per heavy atom. The van der Waals surface area contributed by atoms with Gasteiger partial charge in [-0.3, -0.25) is 4.79 Å². The fourth-order valence-electron chi connectivity index (χ4n) is 2.11. The van der Waals surface area contributed by atoms with E-state index in [-0.39, 0.29) is 11.2 Å². The first kappa shape index (κ1) is 16.7. The second kappa shape index (κ2) is 6.61. The van der Waals surface area contributed by atoms with Crippen LogP contribution in [0.3, 0.4) is 0 Å². The molecule has 0 radical (unpaired) electrons. The zero-order chi connectivity index (χ0) is 15.6. The molecule has 0 saturated carbocycles. The molecule has 2 aromatic carbocycles. The van der Waals surface area contributed by atoms with Crippen LogP contribution < -0.4 is 0 Å². The van der Waals surface area contributed by atoms with Crippen LogP contribution in [0.4, 0.5) is 0 Å². The fraction of sp³-hybridized carbons (Fsp3) is 0.278. The molecule has 0 unspecified atom stereocenters. The van der Waals surface area contributed by atoms with Gasteiger partial charge in [0, 0.05) is 20.0 Å². The molecule has 0 aliphatic carbocycles. The molecule has 0 heterocycles.